The zero-order valence-corrected chi connectivity index (χ0v) is 12.2. The summed E-state index contributed by atoms with van der Waals surface area (Å²) < 4.78 is 43.4. The molecule has 0 unspecified atom stereocenters. The first kappa shape index (κ1) is 16.1. The first-order valence-electron chi connectivity index (χ1n) is 6.98. The van der Waals surface area contributed by atoms with Gasteiger partial charge in [-0.3, -0.25) is 4.68 Å². The average molecular weight is 310 g/mol. The number of ether oxygens (including phenoxy) is 1. The predicted octanol–water partition coefficient (Wildman–Crippen LogP) is 4.89. The summed E-state index contributed by atoms with van der Waals surface area (Å²) in [6.07, 6.45) is 2.08. The highest BCUT2D eigenvalue weighted by molar-refractivity contribution is 5.72. The maximum atomic E-state index is 12.5. The molecule has 0 atom stereocenters. The van der Waals surface area contributed by atoms with Crippen molar-refractivity contribution in [2.75, 3.05) is 0 Å². The fraction of sp³-hybridized carbons (Fsp3) is 0.312. The van der Waals surface area contributed by atoms with Crippen molar-refractivity contribution in [1.29, 1.82) is 0 Å². The molecule has 2 aromatic rings. The Bertz CT molecular complexity index is 647. The van der Waals surface area contributed by atoms with Crippen LogP contribution in [0.25, 0.3) is 17.2 Å². The molecule has 22 heavy (non-hydrogen) atoms. The molecule has 0 radical (unpaired) electrons. The number of aryl methyl sites for hydroxylation is 1. The third-order valence-electron chi connectivity index (χ3n) is 3.15. The highest BCUT2D eigenvalue weighted by Crippen LogP contribution is 2.34. The minimum atomic E-state index is -4.73. The van der Waals surface area contributed by atoms with Crippen molar-refractivity contribution in [3.8, 4) is 16.9 Å². The van der Waals surface area contributed by atoms with Gasteiger partial charge < -0.3 is 4.74 Å². The Morgan fingerprint density at radius 3 is 2.77 bits per heavy atom. The molecule has 0 aliphatic carbocycles. The molecule has 118 valence electrons. The number of rotatable bonds is 6. The molecular formula is C16H17F3N2O. The molecule has 0 aliphatic heterocycles. The number of nitrogens with zero attached hydrogens (tertiary/aromatic N) is 2. The summed E-state index contributed by atoms with van der Waals surface area (Å²) >= 11 is 0. The van der Waals surface area contributed by atoms with Gasteiger partial charge in [-0.1, -0.05) is 32.1 Å². The van der Waals surface area contributed by atoms with Crippen molar-refractivity contribution in [2.45, 2.75) is 32.7 Å². The van der Waals surface area contributed by atoms with Gasteiger partial charge in [0, 0.05) is 23.9 Å². The van der Waals surface area contributed by atoms with Crippen molar-refractivity contribution in [2.24, 2.45) is 0 Å². The highest BCUT2D eigenvalue weighted by Gasteiger charge is 2.32. The van der Waals surface area contributed by atoms with E-state index in [0.717, 1.165) is 19.4 Å². The predicted molar refractivity (Wildman–Crippen MR) is 79.3 cm³/mol. The Labute approximate surface area is 127 Å². The van der Waals surface area contributed by atoms with Crippen LogP contribution in [0.3, 0.4) is 0 Å². The molecule has 3 nitrogen and oxygen atoms in total. The second kappa shape index (κ2) is 6.68. The van der Waals surface area contributed by atoms with Crippen LogP contribution in [0.4, 0.5) is 13.2 Å². The summed E-state index contributed by atoms with van der Waals surface area (Å²) in [6, 6.07) is 4.43. The van der Waals surface area contributed by atoms with Gasteiger partial charge in [0.1, 0.15) is 5.75 Å². The SMILES string of the molecule is C=Cc1ccc(OC(F)(F)F)c(-c2cnn(CCCC)c2)c1. The smallest absolute Gasteiger partial charge is 0.405 e. The van der Waals surface area contributed by atoms with Crippen LogP contribution >= 0.6 is 0 Å². The molecule has 2 rings (SSSR count). The van der Waals surface area contributed by atoms with Crippen molar-refractivity contribution >= 4 is 6.08 Å². The van der Waals surface area contributed by atoms with Crippen LogP contribution in [0.2, 0.25) is 0 Å². The maximum absolute atomic E-state index is 12.5. The molecule has 0 N–H and O–H groups in total. The highest BCUT2D eigenvalue weighted by atomic mass is 19.4. The van der Waals surface area contributed by atoms with Crippen LogP contribution in [0.5, 0.6) is 5.75 Å². The molecule has 1 aromatic carbocycles. The molecule has 0 aliphatic rings. The van der Waals surface area contributed by atoms with E-state index >= 15 is 0 Å². The second-order valence-corrected chi connectivity index (χ2v) is 4.85. The Morgan fingerprint density at radius 2 is 2.14 bits per heavy atom. The van der Waals surface area contributed by atoms with Crippen molar-refractivity contribution < 1.29 is 17.9 Å². The lowest BCUT2D eigenvalue weighted by atomic mass is 10.0. The van der Waals surface area contributed by atoms with Gasteiger partial charge in [0.25, 0.3) is 0 Å². The fourth-order valence-electron chi connectivity index (χ4n) is 2.06. The van der Waals surface area contributed by atoms with Crippen molar-refractivity contribution in [1.82, 2.24) is 9.78 Å². The largest absolute Gasteiger partial charge is 0.573 e. The van der Waals surface area contributed by atoms with Gasteiger partial charge in [-0.15, -0.1) is 13.2 Å². The van der Waals surface area contributed by atoms with Crippen LogP contribution in [0, 0.1) is 0 Å². The van der Waals surface area contributed by atoms with Crippen LogP contribution in [0.15, 0.2) is 37.2 Å². The number of unbranched alkanes of at least 4 members (excludes halogenated alkanes) is 1. The van der Waals surface area contributed by atoms with Gasteiger partial charge in [-0.25, -0.2) is 0 Å². The van der Waals surface area contributed by atoms with Gasteiger partial charge in [-0.2, -0.15) is 5.10 Å². The minimum absolute atomic E-state index is 0.242. The van der Waals surface area contributed by atoms with Gasteiger partial charge in [0.15, 0.2) is 0 Å². The summed E-state index contributed by atoms with van der Waals surface area (Å²) in [6.45, 7) is 6.42. The third kappa shape index (κ3) is 4.13. The van der Waals surface area contributed by atoms with Crippen LogP contribution in [-0.2, 0) is 6.54 Å². The molecule has 0 saturated heterocycles. The Hall–Kier alpha value is -2.24. The monoisotopic (exact) mass is 310 g/mol. The number of aromatic nitrogens is 2. The lowest BCUT2D eigenvalue weighted by Crippen LogP contribution is -2.17. The standard InChI is InChI=1S/C16H17F3N2O/c1-3-5-8-21-11-13(10-20-21)14-9-12(4-2)6-7-15(14)22-16(17,18)19/h4,6-7,9-11H,2-3,5,8H2,1H3. The molecule has 0 saturated carbocycles. The number of alkyl halides is 3. The first-order chi connectivity index (χ1) is 10.4. The zero-order chi connectivity index (χ0) is 16.2. The minimum Gasteiger partial charge on any atom is -0.405 e. The summed E-state index contributed by atoms with van der Waals surface area (Å²) in [5.74, 6) is -0.242. The van der Waals surface area contributed by atoms with E-state index in [1.54, 1.807) is 29.2 Å². The molecule has 0 fully saturated rings. The lowest BCUT2D eigenvalue weighted by Gasteiger charge is -2.13. The molecule has 0 spiro atoms. The maximum Gasteiger partial charge on any atom is 0.573 e. The van der Waals surface area contributed by atoms with Crippen LogP contribution in [0.1, 0.15) is 25.3 Å². The first-order valence-corrected chi connectivity index (χ1v) is 6.98. The van der Waals surface area contributed by atoms with Crippen LogP contribution < -0.4 is 4.74 Å². The number of hydrogen-bond donors (Lipinski definition) is 0. The van der Waals surface area contributed by atoms with Crippen molar-refractivity contribution in [3.63, 3.8) is 0 Å². The van der Waals surface area contributed by atoms with E-state index in [1.165, 1.54) is 12.1 Å². The summed E-state index contributed by atoms with van der Waals surface area (Å²) in [4.78, 5) is 0. The van der Waals surface area contributed by atoms with E-state index < -0.39 is 6.36 Å². The van der Waals surface area contributed by atoms with E-state index in [2.05, 4.69) is 23.3 Å². The summed E-state index contributed by atoms with van der Waals surface area (Å²) in [5.41, 5.74) is 1.64. The molecule has 6 heteroatoms. The van der Waals surface area contributed by atoms with Gasteiger partial charge in [0.2, 0.25) is 0 Å². The third-order valence-corrected chi connectivity index (χ3v) is 3.15. The lowest BCUT2D eigenvalue weighted by molar-refractivity contribution is -0.274. The van der Waals surface area contributed by atoms with Crippen molar-refractivity contribution in [3.05, 3.63) is 42.7 Å². The normalized spacial score (nSPS) is 11.5. The van der Waals surface area contributed by atoms with E-state index in [4.69, 9.17) is 0 Å². The Balaban J connectivity index is 2.38. The summed E-state index contributed by atoms with van der Waals surface area (Å²) in [7, 11) is 0. The molecule has 1 heterocycles. The topological polar surface area (TPSA) is 27.1 Å². The van der Waals surface area contributed by atoms with E-state index in [9.17, 15) is 13.2 Å². The zero-order valence-electron chi connectivity index (χ0n) is 12.2. The van der Waals surface area contributed by atoms with Gasteiger partial charge in [0.05, 0.1) is 6.20 Å². The number of hydrogen-bond acceptors (Lipinski definition) is 2. The quantitative estimate of drug-likeness (QED) is 0.759. The Morgan fingerprint density at radius 1 is 1.36 bits per heavy atom. The second-order valence-electron chi connectivity index (χ2n) is 4.85. The molecule has 0 amide bonds. The van der Waals surface area contributed by atoms with E-state index in [1.807, 2.05) is 0 Å². The fourth-order valence-corrected chi connectivity index (χ4v) is 2.06. The van der Waals surface area contributed by atoms with Crippen LogP contribution in [-0.4, -0.2) is 16.1 Å². The molecule has 0 bridgehead atoms. The van der Waals surface area contributed by atoms with Gasteiger partial charge >= 0.3 is 6.36 Å². The molecule has 1 aromatic heterocycles. The summed E-state index contributed by atoms with van der Waals surface area (Å²) in [5, 5.41) is 4.18. The van der Waals surface area contributed by atoms with E-state index in [-0.39, 0.29) is 5.75 Å². The van der Waals surface area contributed by atoms with Gasteiger partial charge in [-0.05, 0) is 24.1 Å². The average Bonchev–Trinajstić information content (AvgIpc) is 2.92. The Kier molecular flexibility index (Phi) is 4.90. The number of halogens is 3. The van der Waals surface area contributed by atoms with E-state index in [0.29, 0.717) is 16.7 Å². The molecular weight excluding hydrogens is 293 g/mol. The number of benzene rings is 1.